The van der Waals surface area contributed by atoms with Crippen molar-refractivity contribution >= 4 is 11.6 Å². The highest BCUT2D eigenvalue weighted by atomic mass is 35.5. The Hall–Kier alpha value is -0.580. The topological polar surface area (TPSA) is 53.1 Å². The SMILES string of the molecule is COC1(C(N)c2c(Cl)cnn2C(C)C)CCCC(C)C1. The molecule has 0 aromatic carbocycles. The fraction of sp³-hybridized carbons (Fsp3) is 0.800. The number of ether oxygens (including phenoxy) is 1. The van der Waals surface area contributed by atoms with E-state index in [2.05, 4.69) is 25.9 Å². The molecule has 1 aliphatic rings. The maximum atomic E-state index is 6.59. The monoisotopic (exact) mass is 299 g/mol. The summed E-state index contributed by atoms with van der Waals surface area (Å²) < 4.78 is 7.82. The molecule has 0 aliphatic heterocycles. The first-order valence-corrected chi connectivity index (χ1v) is 7.82. The second-order valence-corrected chi connectivity index (χ2v) is 6.77. The van der Waals surface area contributed by atoms with E-state index in [1.54, 1.807) is 13.3 Å². The van der Waals surface area contributed by atoms with E-state index < -0.39 is 0 Å². The first-order valence-electron chi connectivity index (χ1n) is 7.45. The summed E-state index contributed by atoms with van der Waals surface area (Å²) >= 11 is 6.34. The van der Waals surface area contributed by atoms with E-state index in [-0.39, 0.29) is 17.7 Å². The van der Waals surface area contributed by atoms with Crippen molar-refractivity contribution in [3.8, 4) is 0 Å². The lowest BCUT2D eigenvalue weighted by atomic mass is 9.74. The first-order chi connectivity index (χ1) is 9.41. The average molecular weight is 300 g/mol. The quantitative estimate of drug-likeness (QED) is 0.922. The van der Waals surface area contributed by atoms with Gasteiger partial charge in [-0.15, -0.1) is 0 Å². The molecular formula is C15H26ClN3O. The molecule has 1 saturated carbocycles. The van der Waals surface area contributed by atoms with Crippen molar-refractivity contribution in [2.24, 2.45) is 11.7 Å². The zero-order valence-corrected chi connectivity index (χ0v) is 13.7. The fourth-order valence-electron chi connectivity index (χ4n) is 3.44. The minimum atomic E-state index is -0.325. The lowest BCUT2D eigenvalue weighted by Crippen LogP contribution is -2.47. The highest BCUT2D eigenvalue weighted by Crippen LogP contribution is 2.43. The number of nitrogens with zero attached hydrogens (tertiary/aromatic N) is 2. The number of rotatable bonds is 4. The third kappa shape index (κ3) is 2.74. The van der Waals surface area contributed by atoms with E-state index >= 15 is 0 Å². The Balaban J connectivity index is 2.38. The highest BCUT2D eigenvalue weighted by molar-refractivity contribution is 6.31. The molecule has 0 bridgehead atoms. The number of aromatic nitrogens is 2. The van der Waals surface area contributed by atoms with Crippen LogP contribution in [0.3, 0.4) is 0 Å². The van der Waals surface area contributed by atoms with Crippen LogP contribution >= 0.6 is 11.6 Å². The van der Waals surface area contributed by atoms with Crippen molar-refractivity contribution in [3.63, 3.8) is 0 Å². The van der Waals surface area contributed by atoms with Crippen LogP contribution in [0.1, 0.15) is 64.2 Å². The largest absolute Gasteiger partial charge is 0.376 e. The Kier molecular flexibility index (Phi) is 4.77. The van der Waals surface area contributed by atoms with Crippen LogP contribution in [0.25, 0.3) is 0 Å². The maximum absolute atomic E-state index is 6.59. The smallest absolute Gasteiger partial charge is 0.0888 e. The molecule has 0 spiro atoms. The minimum absolute atomic E-state index is 0.235. The van der Waals surface area contributed by atoms with E-state index in [1.165, 1.54) is 6.42 Å². The first kappa shape index (κ1) is 15.8. The maximum Gasteiger partial charge on any atom is 0.0888 e. The second-order valence-electron chi connectivity index (χ2n) is 6.36. The molecule has 20 heavy (non-hydrogen) atoms. The number of halogens is 1. The average Bonchev–Trinajstić information content (AvgIpc) is 2.79. The Morgan fingerprint density at radius 3 is 2.80 bits per heavy atom. The van der Waals surface area contributed by atoms with E-state index in [9.17, 15) is 0 Å². The van der Waals surface area contributed by atoms with Crippen LogP contribution in [0.5, 0.6) is 0 Å². The molecule has 1 heterocycles. The zero-order valence-electron chi connectivity index (χ0n) is 12.9. The van der Waals surface area contributed by atoms with Gasteiger partial charge >= 0.3 is 0 Å². The van der Waals surface area contributed by atoms with Gasteiger partial charge < -0.3 is 10.5 Å². The molecule has 2 rings (SSSR count). The Morgan fingerprint density at radius 2 is 2.25 bits per heavy atom. The summed E-state index contributed by atoms with van der Waals surface area (Å²) in [5, 5.41) is 5.00. The van der Waals surface area contributed by atoms with E-state index in [1.807, 2.05) is 4.68 Å². The fourth-order valence-corrected chi connectivity index (χ4v) is 3.69. The number of nitrogens with two attached hydrogens (primary N) is 1. The molecule has 0 saturated heterocycles. The molecule has 0 amide bonds. The lowest BCUT2D eigenvalue weighted by Gasteiger charge is -2.43. The van der Waals surface area contributed by atoms with Crippen LogP contribution < -0.4 is 5.73 Å². The number of hydrogen-bond acceptors (Lipinski definition) is 3. The minimum Gasteiger partial charge on any atom is -0.376 e. The molecule has 3 unspecified atom stereocenters. The summed E-state index contributed by atoms with van der Waals surface area (Å²) in [6, 6.07) is -0.00822. The predicted molar refractivity (Wildman–Crippen MR) is 81.9 cm³/mol. The van der Waals surface area contributed by atoms with Gasteiger partial charge in [0.05, 0.1) is 28.6 Å². The van der Waals surface area contributed by atoms with Gasteiger partial charge in [-0.3, -0.25) is 4.68 Å². The normalized spacial score (nSPS) is 28.9. The molecule has 1 aromatic rings. The van der Waals surface area contributed by atoms with Gasteiger partial charge in [0, 0.05) is 13.2 Å². The van der Waals surface area contributed by atoms with Gasteiger partial charge in [-0.05, 0) is 32.6 Å². The van der Waals surface area contributed by atoms with Gasteiger partial charge in [0.25, 0.3) is 0 Å². The van der Waals surface area contributed by atoms with E-state index in [0.29, 0.717) is 10.9 Å². The van der Waals surface area contributed by atoms with Crippen LogP contribution in [0, 0.1) is 5.92 Å². The summed E-state index contributed by atoms with van der Waals surface area (Å²) in [5.41, 5.74) is 7.17. The summed E-state index contributed by atoms with van der Waals surface area (Å²) in [6.45, 7) is 6.44. The van der Waals surface area contributed by atoms with Gasteiger partial charge in [0.1, 0.15) is 0 Å². The van der Waals surface area contributed by atoms with Gasteiger partial charge in [0.2, 0.25) is 0 Å². The summed E-state index contributed by atoms with van der Waals surface area (Å²) in [4.78, 5) is 0. The molecule has 1 aliphatic carbocycles. The van der Waals surface area contributed by atoms with Crippen LogP contribution in [0.15, 0.2) is 6.20 Å². The van der Waals surface area contributed by atoms with E-state index in [4.69, 9.17) is 22.1 Å². The molecule has 5 heteroatoms. The Labute approximate surface area is 126 Å². The predicted octanol–water partition coefficient (Wildman–Crippen LogP) is 3.71. The molecule has 1 aromatic heterocycles. The Morgan fingerprint density at radius 1 is 1.55 bits per heavy atom. The summed E-state index contributed by atoms with van der Waals surface area (Å²) in [7, 11) is 1.77. The van der Waals surface area contributed by atoms with Crippen molar-refractivity contribution in [1.82, 2.24) is 9.78 Å². The van der Waals surface area contributed by atoms with Crippen LogP contribution in [-0.2, 0) is 4.74 Å². The van der Waals surface area contributed by atoms with Crippen molar-refractivity contribution in [1.29, 1.82) is 0 Å². The van der Waals surface area contributed by atoms with Crippen LogP contribution in [-0.4, -0.2) is 22.5 Å². The van der Waals surface area contributed by atoms with Gasteiger partial charge in [0.15, 0.2) is 0 Å². The molecule has 1 fully saturated rings. The zero-order chi connectivity index (χ0) is 14.9. The number of methoxy groups -OCH3 is 1. The van der Waals surface area contributed by atoms with Crippen LogP contribution in [0.2, 0.25) is 5.02 Å². The number of hydrogen-bond donors (Lipinski definition) is 1. The molecule has 2 N–H and O–H groups in total. The standard InChI is InChI=1S/C15H26ClN3O/c1-10(2)19-13(12(16)9-18-19)14(17)15(20-4)7-5-6-11(3)8-15/h9-11,14H,5-8,17H2,1-4H3. The third-order valence-electron chi connectivity index (χ3n) is 4.53. The van der Waals surface area contributed by atoms with Gasteiger partial charge in [-0.25, -0.2) is 0 Å². The molecule has 4 nitrogen and oxygen atoms in total. The van der Waals surface area contributed by atoms with Crippen molar-refractivity contribution in [3.05, 3.63) is 16.9 Å². The molecular weight excluding hydrogens is 274 g/mol. The van der Waals surface area contributed by atoms with Crippen LogP contribution in [0.4, 0.5) is 0 Å². The molecule has 3 atom stereocenters. The van der Waals surface area contributed by atoms with E-state index in [0.717, 1.165) is 25.0 Å². The van der Waals surface area contributed by atoms with Gasteiger partial charge in [-0.1, -0.05) is 31.4 Å². The summed E-state index contributed by atoms with van der Waals surface area (Å²) in [5.74, 6) is 0.629. The summed E-state index contributed by atoms with van der Waals surface area (Å²) in [6.07, 6.45) is 6.04. The Bertz CT molecular complexity index is 460. The highest BCUT2D eigenvalue weighted by Gasteiger charge is 2.43. The lowest BCUT2D eigenvalue weighted by molar-refractivity contribution is -0.0735. The molecule has 114 valence electrons. The van der Waals surface area contributed by atoms with Crippen molar-refractivity contribution in [2.75, 3.05) is 7.11 Å². The van der Waals surface area contributed by atoms with Gasteiger partial charge in [-0.2, -0.15) is 5.10 Å². The van der Waals surface area contributed by atoms with Crippen molar-refractivity contribution < 1.29 is 4.74 Å². The second kappa shape index (κ2) is 6.04. The molecule has 0 radical (unpaired) electrons. The third-order valence-corrected chi connectivity index (χ3v) is 4.83. The van der Waals surface area contributed by atoms with Crippen molar-refractivity contribution in [2.45, 2.75) is 64.1 Å².